The smallest absolute Gasteiger partial charge is 0.251 e. The molecule has 0 radical (unpaired) electrons. The maximum Gasteiger partial charge on any atom is 0.251 e. The highest BCUT2D eigenvalue weighted by molar-refractivity contribution is 7.89. The van der Waals surface area contributed by atoms with Crippen LogP contribution >= 0.6 is 12.4 Å². The molecule has 1 saturated heterocycles. The number of rotatable bonds is 4. The van der Waals surface area contributed by atoms with E-state index in [9.17, 15) is 13.2 Å². The van der Waals surface area contributed by atoms with Crippen molar-refractivity contribution in [2.24, 2.45) is 13.0 Å². The van der Waals surface area contributed by atoms with Gasteiger partial charge in [0, 0.05) is 44.4 Å². The Morgan fingerprint density at radius 3 is 2.81 bits per heavy atom. The van der Waals surface area contributed by atoms with Crippen LogP contribution in [-0.2, 0) is 17.1 Å². The van der Waals surface area contributed by atoms with Crippen LogP contribution in [0, 0.1) is 12.8 Å². The van der Waals surface area contributed by atoms with E-state index in [1.54, 1.807) is 30.7 Å². The number of sulfonamides is 1. The van der Waals surface area contributed by atoms with Gasteiger partial charge in [-0.2, -0.15) is 5.10 Å². The van der Waals surface area contributed by atoms with E-state index in [-0.39, 0.29) is 41.4 Å². The van der Waals surface area contributed by atoms with Gasteiger partial charge in [0.15, 0.2) is 0 Å². The van der Waals surface area contributed by atoms with Gasteiger partial charge in [0.2, 0.25) is 10.0 Å². The van der Waals surface area contributed by atoms with Gasteiger partial charge in [0.25, 0.3) is 5.56 Å². The molecule has 3 atom stereocenters. The molecule has 8 nitrogen and oxygen atoms in total. The molecule has 27 heavy (non-hydrogen) atoms. The highest BCUT2D eigenvalue weighted by Gasteiger charge is 2.38. The number of hydrogen-bond acceptors (Lipinski definition) is 5. The molecule has 4 heterocycles. The van der Waals surface area contributed by atoms with Crippen molar-refractivity contribution in [3.8, 4) is 0 Å². The Labute approximate surface area is 164 Å². The lowest BCUT2D eigenvalue weighted by atomic mass is 9.79. The van der Waals surface area contributed by atoms with Gasteiger partial charge in [0.1, 0.15) is 4.90 Å². The number of fused-ring (bicyclic) bond motifs is 4. The molecule has 2 aliphatic heterocycles. The van der Waals surface area contributed by atoms with E-state index in [0.29, 0.717) is 11.6 Å². The highest BCUT2D eigenvalue weighted by atomic mass is 35.5. The number of aromatic nitrogens is 3. The predicted octanol–water partition coefficient (Wildman–Crippen LogP) is 0.538. The molecule has 2 bridgehead atoms. The Morgan fingerprint density at radius 1 is 1.33 bits per heavy atom. The van der Waals surface area contributed by atoms with Crippen molar-refractivity contribution in [1.82, 2.24) is 24.4 Å². The Balaban J connectivity index is 0.00000210. The zero-order chi connectivity index (χ0) is 18.5. The van der Waals surface area contributed by atoms with E-state index in [0.717, 1.165) is 25.2 Å². The maximum absolute atomic E-state index is 12.7. The van der Waals surface area contributed by atoms with Crippen molar-refractivity contribution in [2.75, 3.05) is 19.6 Å². The van der Waals surface area contributed by atoms with Gasteiger partial charge >= 0.3 is 0 Å². The van der Waals surface area contributed by atoms with Crippen LogP contribution in [0.4, 0.5) is 0 Å². The standard InChI is InChI=1S/C17H23N5O3S.ClH/c1-11-16(10-19-21(11)2)26(24,25)20-9-15-13-6-12(7-18-8-13)14-4-3-5-17(23)22(14)15;/h3-5,10,12-13,15,18,20H,6-9H2,1-2H3;1H/t12-,13+,15+;/m1./s1. The van der Waals surface area contributed by atoms with E-state index in [4.69, 9.17) is 0 Å². The van der Waals surface area contributed by atoms with Gasteiger partial charge in [-0.3, -0.25) is 9.48 Å². The van der Waals surface area contributed by atoms with Gasteiger partial charge in [-0.1, -0.05) is 6.07 Å². The van der Waals surface area contributed by atoms with Gasteiger partial charge in [-0.15, -0.1) is 12.4 Å². The van der Waals surface area contributed by atoms with E-state index in [1.807, 2.05) is 6.07 Å². The SMILES string of the molecule is Cc1c(S(=O)(=O)NC[C@H]2[C@@H]3CNC[C@@H](C3)c3cccc(=O)n32)cnn1C.Cl. The van der Waals surface area contributed by atoms with Crippen molar-refractivity contribution < 1.29 is 8.42 Å². The van der Waals surface area contributed by atoms with Crippen molar-refractivity contribution in [3.63, 3.8) is 0 Å². The minimum atomic E-state index is -3.68. The number of hydrogen-bond donors (Lipinski definition) is 2. The zero-order valence-corrected chi connectivity index (χ0v) is 16.9. The number of halogens is 1. The third-order valence-electron chi connectivity index (χ3n) is 5.66. The average Bonchev–Trinajstić information content (AvgIpc) is 2.95. The Kier molecular flexibility index (Phi) is 5.49. The molecule has 2 aliphatic rings. The zero-order valence-electron chi connectivity index (χ0n) is 15.3. The summed E-state index contributed by atoms with van der Waals surface area (Å²) in [4.78, 5) is 12.7. The lowest BCUT2D eigenvalue weighted by Crippen LogP contribution is -2.50. The molecule has 2 aromatic rings. The molecule has 0 amide bonds. The molecule has 0 aliphatic carbocycles. The summed E-state index contributed by atoms with van der Waals surface area (Å²) in [6.45, 7) is 3.55. The summed E-state index contributed by atoms with van der Waals surface area (Å²) in [5, 5.41) is 7.42. The highest BCUT2D eigenvalue weighted by Crippen LogP contribution is 2.38. The van der Waals surface area contributed by atoms with Crippen molar-refractivity contribution in [3.05, 3.63) is 46.1 Å². The number of pyridine rings is 1. The van der Waals surface area contributed by atoms with Gasteiger partial charge < -0.3 is 9.88 Å². The third-order valence-corrected chi connectivity index (χ3v) is 7.19. The third kappa shape index (κ3) is 3.44. The average molecular weight is 414 g/mol. The molecule has 10 heteroatoms. The number of nitrogens with zero attached hydrogens (tertiary/aromatic N) is 3. The van der Waals surface area contributed by atoms with E-state index in [2.05, 4.69) is 15.1 Å². The predicted molar refractivity (Wildman–Crippen MR) is 104 cm³/mol. The van der Waals surface area contributed by atoms with E-state index in [1.165, 1.54) is 10.9 Å². The second-order valence-electron chi connectivity index (χ2n) is 7.15. The van der Waals surface area contributed by atoms with E-state index < -0.39 is 10.0 Å². The second kappa shape index (κ2) is 7.38. The molecule has 0 unspecified atom stereocenters. The Hall–Kier alpha value is -1.68. The summed E-state index contributed by atoms with van der Waals surface area (Å²) < 4.78 is 31.4. The molecular weight excluding hydrogens is 390 g/mol. The first-order valence-electron chi connectivity index (χ1n) is 8.79. The van der Waals surface area contributed by atoms with Crippen LogP contribution in [0.2, 0.25) is 0 Å². The molecule has 0 aromatic carbocycles. The maximum atomic E-state index is 12.7. The quantitative estimate of drug-likeness (QED) is 0.762. The molecule has 0 spiro atoms. The molecule has 2 aromatic heterocycles. The molecule has 2 N–H and O–H groups in total. The van der Waals surface area contributed by atoms with Crippen LogP contribution < -0.4 is 15.6 Å². The van der Waals surface area contributed by atoms with Crippen molar-refractivity contribution in [2.45, 2.75) is 30.2 Å². The summed E-state index contributed by atoms with van der Waals surface area (Å²) in [6, 6.07) is 5.10. The minimum Gasteiger partial charge on any atom is -0.316 e. The Morgan fingerprint density at radius 2 is 2.11 bits per heavy atom. The molecule has 1 fully saturated rings. The summed E-state index contributed by atoms with van der Waals surface area (Å²) in [5.74, 6) is 0.523. The van der Waals surface area contributed by atoms with E-state index >= 15 is 0 Å². The summed E-state index contributed by atoms with van der Waals surface area (Å²) >= 11 is 0. The first-order valence-corrected chi connectivity index (χ1v) is 10.3. The minimum absolute atomic E-state index is 0. The lowest BCUT2D eigenvalue weighted by molar-refractivity contribution is 0.196. The normalized spacial score (nSPS) is 24.1. The van der Waals surface area contributed by atoms with Crippen LogP contribution in [0.5, 0.6) is 0 Å². The lowest BCUT2D eigenvalue weighted by Gasteiger charge is -2.43. The first-order chi connectivity index (χ1) is 12.4. The number of nitrogens with one attached hydrogen (secondary N) is 2. The summed E-state index contributed by atoms with van der Waals surface area (Å²) in [6.07, 6.45) is 2.33. The van der Waals surface area contributed by atoms with Gasteiger partial charge in [0.05, 0.1) is 17.9 Å². The largest absolute Gasteiger partial charge is 0.316 e. The monoisotopic (exact) mass is 413 g/mol. The molecule has 0 saturated carbocycles. The fourth-order valence-electron chi connectivity index (χ4n) is 4.18. The molecular formula is C17H24ClN5O3S. The Bertz CT molecular complexity index is 1000. The van der Waals surface area contributed by atoms with Crippen LogP contribution in [0.3, 0.4) is 0 Å². The van der Waals surface area contributed by atoms with Crippen LogP contribution in [0.15, 0.2) is 34.1 Å². The van der Waals surface area contributed by atoms with Crippen molar-refractivity contribution >= 4 is 22.4 Å². The molecule has 4 rings (SSSR count). The van der Waals surface area contributed by atoms with Crippen LogP contribution in [-0.4, -0.2) is 42.4 Å². The number of aryl methyl sites for hydroxylation is 1. The van der Waals surface area contributed by atoms with Crippen LogP contribution in [0.1, 0.15) is 29.8 Å². The van der Waals surface area contributed by atoms with Crippen LogP contribution in [0.25, 0.3) is 0 Å². The second-order valence-corrected chi connectivity index (χ2v) is 8.88. The fraction of sp³-hybridized carbons (Fsp3) is 0.529. The number of piperidine rings is 1. The first kappa shape index (κ1) is 20.1. The summed E-state index contributed by atoms with van der Waals surface area (Å²) in [7, 11) is -1.97. The fourth-order valence-corrected chi connectivity index (χ4v) is 5.43. The topological polar surface area (TPSA) is 98.0 Å². The molecule has 148 valence electrons. The summed E-state index contributed by atoms with van der Waals surface area (Å²) in [5.41, 5.74) is 1.50. The van der Waals surface area contributed by atoms with Gasteiger partial charge in [-0.25, -0.2) is 13.1 Å². The van der Waals surface area contributed by atoms with Crippen molar-refractivity contribution in [1.29, 1.82) is 0 Å². The van der Waals surface area contributed by atoms with Gasteiger partial charge in [-0.05, 0) is 25.3 Å².